The SMILES string of the molecule is CC(NCCN1CCc2ccccc2C1)c1cccc2cn[nH]c12. The molecule has 4 nitrogen and oxygen atoms in total. The Kier molecular flexibility index (Phi) is 4.32. The number of aromatic amines is 1. The highest BCUT2D eigenvalue weighted by atomic mass is 15.1. The van der Waals surface area contributed by atoms with Gasteiger partial charge in [0.15, 0.2) is 0 Å². The molecule has 0 radical (unpaired) electrons. The van der Waals surface area contributed by atoms with E-state index in [0.717, 1.165) is 31.7 Å². The average Bonchev–Trinajstić information content (AvgIpc) is 3.10. The number of hydrogen-bond donors (Lipinski definition) is 2. The van der Waals surface area contributed by atoms with E-state index in [1.807, 2.05) is 6.20 Å². The van der Waals surface area contributed by atoms with Crippen LogP contribution in [0.4, 0.5) is 0 Å². The molecule has 0 saturated heterocycles. The van der Waals surface area contributed by atoms with Gasteiger partial charge in [-0.25, -0.2) is 0 Å². The van der Waals surface area contributed by atoms with Gasteiger partial charge in [0.1, 0.15) is 0 Å². The summed E-state index contributed by atoms with van der Waals surface area (Å²) >= 11 is 0. The van der Waals surface area contributed by atoms with Crippen molar-refractivity contribution in [3.63, 3.8) is 0 Å². The molecule has 2 aromatic carbocycles. The molecule has 124 valence electrons. The highest BCUT2D eigenvalue weighted by Gasteiger charge is 2.16. The van der Waals surface area contributed by atoms with Gasteiger partial charge in [-0.1, -0.05) is 42.5 Å². The number of rotatable bonds is 5. The van der Waals surface area contributed by atoms with Crippen molar-refractivity contribution >= 4 is 10.9 Å². The van der Waals surface area contributed by atoms with E-state index in [0.29, 0.717) is 6.04 Å². The Bertz CT molecular complexity index is 823. The first-order valence-electron chi connectivity index (χ1n) is 8.76. The number of nitrogens with zero attached hydrogens (tertiary/aromatic N) is 2. The first-order chi connectivity index (χ1) is 11.8. The molecule has 3 aromatic rings. The normalized spacial score (nSPS) is 16.2. The molecule has 2 heterocycles. The van der Waals surface area contributed by atoms with Crippen molar-refractivity contribution in [2.24, 2.45) is 0 Å². The van der Waals surface area contributed by atoms with Crippen LogP contribution in [0.25, 0.3) is 10.9 Å². The van der Waals surface area contributed by atoms with E-state index in [2.05, 4.69) is 69.8 Å². The maximum absolute atomic E-state index is 4.16. The van der Waals surface area contributed by atoms with Gasteiger partial charge in [0, 0.05) is 37.6 Å². The number of fused-ring (bicyclic) bond motifs is 2. The zero-order valence-corrected chi connectivity index (χ0v) is 14.1. The summed E-state index contributed by atoms with van der Waals surface area (Å²) in [6, 6.07) is 15.5. The Morgan fingerprint density at radius 1 is 1.17 bits per heavy atom. The van der Waals surface area contributed by atoms with Crippen molar-refractivity contribution in [2.45, 2.75) is 25.9 Å². The van der Waals surface area contributed by atoms with Crippen LogP contribution < -0.4 is 5.32 Å². The summed E-state index contributed by atoms with van der Waals surface area (Å²) in [6.45, 7) is 6.53. The molecule has 4 heteroatoms. The minimum absolute atomic E-state index is 0.311. The van der Waals surface area contributed by atoms with Gasteiger partial charge in [-0.15, -0.1) is 0 Å². The second-order valence-electron chi connectivity index (χ2n) is 6.65. The summed E-state index contributed by atoms with van der Waals surface area (Å²) in [5.41, 5.74) is 5.43. The predicted octanol–water partition coefficient (Wildman–Crippen LogP) is 3.27. The second-order valence-corrected chi connectivity index (χ2v) is 6.65. The molecule has 0 bridgehead atoms. The van der Waals surface area contributed by atoms with Gasteiger partial charge in [-0.2, -0.15) is 5.10 Å². The zero-order chi connectivity index (χ0) is 16.4. The number of para-hydroxylation sites is 1. The number of aromatic nitrogens is 2. The minimum Gasteiger partial charge on any atom is -0.309 e. The van der Waals surface area contributed by atoms with E-state index in [4.69, 9.17) is 0 Å². The molecule has 1 aromatic heterocycles. The van der Waals surface area contributed by atoms with E-state index < -0.39 is 0 Å². The molecular formula is C20H24N4. The van der Waals surface area contributed by atoms with Gasteiger partial charge in [0.2, 0.25) is 0 Å². The lowest BCUT2D eigenvalue weighted by Gasteiger charge is -2.29. The van der Waals surface area contributed by atoms with Crippen LogP contribution in [0, 0.1) is 0 Å². The fourth-order valence-electron chi connectivity index (χ4n) is 3.65. The summed E-state index contributed by atoms with van der Waals surface area (Å²) in [4.78, 5) is 2.54. The molecular weight excluding hydrogens is 296 g/mol. The first-order valence-corrected chi connectivity index (χ1v) is 8.76. The molecule has 1 unspecified atom stereocenters. The van der Waals surface area contributed by atoms with Gasteiger partial charge in [0.05, 0.1) is 11.7 Å². The molecule has 1 aliphatic rings. The average molecular weight is 320 g/mol. The Labute approximate surface area is 142 Å². The molecule has 1 aliphatic heterocycles. The number of hydrogen-bond acceptors (Lipinski definition) is 3. The van der Waals surface area contributed by atoms with E-state index in [1.54, 1.807) is 0 Å². The fraction of sp³-hybridized carbons (Fsp3) is 0.350. The molecule has 0 aliphatic carbocycles. The van der Waals surface area contributed by atoms with Gasteiger partial charge in [0.25, 0.3) is 0 Å². The second kappa shape index (κ2) is 6.75. The quantitative estimate of drug-likeness (QED) is 0.758. The molecule has 0 fully saturated rings. The maximum Gasteiger partial charge on any atom is 0.0697 e. The van der Waals surface area contributed by atoms with E-state index in [1.165, 1.54) is 28.5 Å². The van der Waals surface area contributed by atoms with Crippen molar-refractivity contribution in [1.82, 2.24) is 20.4 Å². The third-order valence-electron chi connectivity index (χ3n) is 5.06. The van der Waals surface area contributed by atoms with Crippen molar-refractivity contribution in [3.8, 4) is 0 Å². The Morgan fingerprint density at radius 3 is 2.96 bits per heavy atom. The molecule has 4 rings (SSSR count). The van der Waals surface area contributed by atoms with Crippen molar-refractivity contribution < 1.29 is 0 Å². The molecule has 2 N–H and O–H groups in total. The standard InChI is InChI=1S/C20H24N4/c1-15(19-8-4-7-17-13-22-23-20(17)19)21-10-12-24-11-9-16-5-2-3-6-18(16)14-24/h2-8,13,15,21H,9-12,14H2,1H3,(H,22,23). The fourth-order valence-corrected chi connectivity index (χ4v) is 3.65. The Morgan fingerprint density at radius 2 is 2.04 bits per heavy atom. The topological polar surface area (TPSA) is 44.0 Å². The van der Waals surface area contributed by atoms with Crippen LogP contribution in [0.15, 0.2) is 48.7 Å². The van der Waals surface area contributed by atoms with Crippen LogP contribution in [-0.2, 0) is 13.0 Å². The summed E-state index contributed by atoms with van der Waals surface area (Å²) in [7, 11) is 0. The molecule has 0 amide bonds. The predicted molar refractivity (Wildman–Crippen MR) is 97.9 cm³/mol. The Hall–Kier alpha value is -2.17. The third kappa shape index (κ3) is 3.07. The molecule has 1 atom stereocenters. The minimum atomic E-state index is 0.311. The van der Waals surface area contributed by atoms with Crippen LogP contribution >= 0.6 is 0 Å². The van der Waals surface area contributed by atoms with E-state index in [9.17, 15) is 0 Å². The number of benzene rings is 2. The number of H-pyrrole nitrogens is 1. The van der Waals surface area contributed by atoms with Crippen molar-refractivity contribution in [1.29, 1.82) is 0 Å². The van der Waals surface area contributed by atoms with Gasteiger partial charge in [-0.3, -0.25) is 10.00 Å². The smallest absolute Gasteiger partial charge is 0.0697 e. The third-order valence-corrected chi connectivity index (χ3v) is 5.06. The number of nitrogens with one attached hydrogen (secondary N) is 2. The zero-order valence-electron chi connectivity index (χ0n) is 14.1. The van der Waals surface area contributed by atoms with Crippen LogP contribution in [0.2, 0.25) is 0 Å². The van der Waals surface area contributed by atoms with Crippen LogP contribution in [0.3, 0.4) is 0 Å². The summed E-state index contributed by atoms with van der Waals surface area (Å²) in [5, 5.41) is 12.1. The van der Waals surface area contributed by atoms with Gasteiger partial charge in [-0.05, 0) is 30.0 Å². The molecule has 24 heavy (non-hydrogen) atoms. The highest BCUT2D eigenvalue weighted by molar-refractivity contribution is 5.81. The van der Waals surface area contributed by atoms with Crippen LogP contribution in [-0.4, -0.2) is 34.7 Å². The summed E-state index contributed by atoms with van der Waals surface area (Å²) in [6.07, 6.45) is 3.05. The van der Waals surface area contributed by atoms with Crippen LogP contribution in [0.1, 0.15) is 29.7 Å². The lowest BCUT2D eigenvalue weighted by molar-refractivity contribution is 0.251. The van der Waals surface area contributed by atoms with E-state index >= 15 is 0 Å². The van der Waals surface area contributed by atoms with E-state index in [-0.39, 0.29) is 0 Å². The first kappa shape index (κ1) is 15.4. The maximum atomic E-state index is 4.16. The van der Waals surface area contributed by atoms with Crippen molar-refractivity contribution in [3.05, 3.63) is 65.4 Å². The molecule has 0 saturated carbocycles. The lowest BCUT2D eigenvalue weighted by Crippen LogP contribution is -2.36. The van der Waals surface area contributed by atoms with Crippen molar-refractivity contribution in [2.75, 3.05) is 19.6 Å². The summed E-state index contributed by atoms with van der Waals surface area (Å²) < 4.78 is 0. The highest BCUT2D eigenvalue weighted by Crippen LogP contribution is 2.22. The summed E-state index contributed by atoms with van der Waals surface area (Å²) in [5.74, 6) is 0. The largest absolute Gasteiger partial charge is 0.309 e. The van der Waals surface area contributed by atoms with Gasteiger partial charge < -0.3 is 5.32 Å². The Balaban J connectivity index is 1.34. The van der Waals surface area contributed by atoms with Gasteiger partial charge >= 0.3 is 0 Å². The molecule has 0 spiro atoms. The van der Waals surface area contributed by atoms with Crippen LogP contribution in [0.5, 0.6) is 0 Å². The lowest BCUT2D eigenvalue weighted by atomic mass is 10.00. The monoisotopic (exact) mass is 320 g/mol.